The predicted molar refractivity (Wildman–Crippen MR) is 182 cm³/mol. The molecule has 3 nitrogen and oxygen atoms in total. The van der Waals surface area contributed by atoms with E-state index in [1.54, 1.807) is 5.57 Å². The van der Waals surface area contributed by atoms with Crippen molar-refractivity contribution < 1.29 is 14.3 Å². The van der Waals surface area contributed by atoms with Crippen LogP contribution in [0.2, 0.25) is 18.1 Å². The number of aliphatic hydroxyl groups excluding tert-OH is 1. The van der Waals surface area contributed by atoms with Crippen LogP contribution >= 0.6 is 0 Å². The van der Waals surface area contributed by atoms with E-state index in [2.05, 4.69) is 106 Å². The van der Waals surface area contributed by atoms with E-state index in [0.29, 0.717) is 36.2 Å². The van der Waals surface area contributed by atoms with E-state index < -0.39 is 8.32 Å². The fraction of sp³-hybridized carbons (Fsp3) is 0.789. The first-order valence-electron chi connectivity index (χ1n) is 16.9. The van der Waals surface area contributed by atoms with Crippen LogP contribution in [0.25, 0.3) is 0 Å². The van der Waals surface area contributed by atoms with Gasteiger partial charge in [-0.05, 0) is 124 Å². The molecule has 0 heterocycles. The van der Waals surface area contributed by atoms with Crippen LogP contribution in [0.5, 0.6) is 0 Å². The summed E-state index contributed by atoms with van der Waals surface area (Å²) in [6.07, 6.45) is 13.8. The van der Waals surface area contributed by atoms with Crippen molar-refractivity contribution in [2.45, 2.75) is 144 Å². The lowest BCUT2D eigenvalue weighted by molar-refractivity contribution is -0.0552. The molecule has 238 valence electrons. The number of ether oxygens (including phenoxy) is 1. The Kier molecular flexibility index (Phi) is 11.7. The summed E-state index contributed by atoms with van der Waals surface area (Å²) in [4.78, 5) is 0. The zero-order valence-corrected chi connectivity index (χ0v) is 30.2. The van der Waals surface area contributed by atoms with E-state index in [9.17, 15) is 5.11 Å². The zero-order chi connectivity index (χ0) is 31.5. The maximum Gasteiger partial charge on any atom is 0.193 e. The van der Waals surface area contributed by atoms with Gasteiger partial charge in [-0.1, -0.05) is 71.8 Å². The molecular weight excluding hydrogens is 533 g/mol. The largest absolute Gasteiger partial charge is 0.407 e. The second kappa shape index (κ2) is 13.9. The van der Waals surface area contributed by atoms with Gasteiger partial charge in [0.25, 0.3) is 0 Å². The van der Waals surface area contributed by atoms with Gasteiger partial charge in [-0.25, -0.2) is 0 Å². The van der Waals surface area contributed by atoms with E-state index in [4.69, 9.17) is 9.16 Å². The molecule has 0 bridgehead atoms. The van der Waals surface area contributed by atoms with Gasteiger partial charge in [0, 0.05) is 25.0 Å². The fourth-order valence-electron chi connectivity index (χ4n) is 7.66. The molecule has 0 amide bonds. The Morgan fingerprint density at radius 1 is 1.14 bits per heavy atom. The normalized spacial score (nSPS) is 33.4. The molecule has 3 aliphatic rings. The van der Waals surface area contributed by atoms with Crippen molar-refractivity contribution in [1.29, 1.82) is 0 Å². The number of fused-ring (bicyclic) bond motifs is 1. The fourth-order valence-corrected chi connectivity index (χ4v) is 8.92. The van der Waals surface area contributed by atoms with Crippen LogP contribution in [0.15, 0.2) is 35.5 Å². The lowest BCUT2D eigenvalue weighted by atomic mass is 9.61. The molecule has 3 aliphatic carbocycles. The van der Waals surface area contributed by atoms with E-state index >= 15 is 0 Å². The first kappa shape index (κ1) is 35.4. The van der Waals surface area contributed by atoms with Crippen LogP contribution < -0.4 is 0 Å². The first-order chi connectivity index (χ1) is 19.4. The lowest BCUT2D eigenvalue weighted by Crippen LogP contribution is -2.51. The molecule has 3 saturated carbocycles. The van der Waals surface area contributed by atoms with E-state index in [1.807, 2.05) is 0 Å². The number of aliphatic hydroxyl groups is 1. The molecule has 3 fully saturated rings. The van der Waals surface area contributed by atoms with Gasteiger partial charge >= 0.3 is 0 Å². The molecule has 0 spiro atoms. The summed E-state index contributed by atoms with van der Waals surface area (Å²) in [6.45, 7) is 30.8. The van der Waals surface area contributed by atoms with Crippen molar-refractivity contribution in [2.24, 2.45) is 34.5 Å². The molecule has 0 radical (unpaired) electrons. The van der Waals surface area contributed by atoms with E-state index in [0.717, 1.165) is 24.3 Å². The quantitative estimate of drug-likeness (QED) is 0.164. The molecule has 0 aromatic heterocycles. The van der Waals surface area contributed by atoms with Gasteiger partial charge in [0.1, 0.15) is 0 Å². The SMILES string of the molecule is C=C1/C(=C\C=C2/CCC[C@@]3(C)C2CC[C@@H]3[C@H](C)CC#CC(C)(C)C)C[C@@H](C)[C@H](OCCCO)[C@@H]1O[Si](C)(C)C(C)(C)C. The van der Waals surface area contributed by atoms with Gasteiger partial charge in [0.2, 0.25) is 0 Å². The van der Waals surface area contributed by atoms with Gasteiger partial charge in [-0.2, -0.15) is 0 Å². The summed E-state index contributed by atoms with van der Waals surface area (Å²) >= 11 is 0. The molecule has 42 heavy (non-hydrogen) atoms. The highest BCUT2D eigenvalue weighted by Crippen LogP contribution is 2.59. The third-order valence-electron chi connectivity index (χ3n) is 11.1. The summed E-state index contributed by atoms with van der Waals surface area (Å²) < 4.78 is 13.4. The van der Waals surface area contributed by atoms with Gasteiger partial charge in [0.05, 0.1) is 12.2 Å². The Labute approximate surface area is 261 Å². The average Bonchev–Trinajstić information content (AvgIpc) is 3.23. The molecule has 7 atom stereocenters. The minimum atomic E-state index is -2.05. The number of hydrogen-bond donors (Lipinski definition) is 1. The highest BCUT2D eigenvalue weighted by molar-refractivity contribution is 6.74. The van der Waals surface area contributed by atoms with Crippen molar-refractivity contribution >= 4 is 8.32 Å². The Hall–Kier alpha value is -1.12. The standard InChI is InChI=1S/C38H64O3Si/c1-27(16-13-22-36(4,5)6)32-20-21-33-30(17-14-23-38(32,33)10)18-19-31-26-28(2)34(40-25-15-24-39)35(29(31)3)41-42(11,12)37(7,8)9/h18-19,27-28,32-35,39H,3,14-17,20-21,23-26H2,1-2,4-12H3/b30-18+,31-19-/t27-,28-,32-,33?,34+,35-,38-/m1/s1. The van der Waals surface area contributed by atoms with Crippen LogP contribution in [0.1, 0.15) is 114 Å². The van der Waals surface area contributed by atoms with Gasteiger partial charge in [-0.15, -0.1) is 5.92 Å². The summed E-state index contributed by atoms with van der Waals surface area (Å²) in [5, 5.41) is 9.47. The molecule has 3 rings (SSSR count). The summed E-state index contributed by atoms with van der Waals surface area (Å²) in [5.41, 5.74) is 4.53. The molecule has 1 N–H and O–H groups in total. The van der Waals surface area contributed by atoms with Gasteiger partial charge in [0.15, 0.2) is 8.32 Å². The summed E-state index contributed by atoms with van der Waals surface area (Å²) in [6, 6.07) is 0. The van der Waals surface area contributed by atoms with E-state index in [-0.39, 0.29) is 29.3 Å². The monoisotopic (exact) mass is 596 g/mol. The smallest absolute Gasteiger partial charge is 0.193 e. The van der Waals surface area contributed by atoms with Crippen molar-refractivity contribution in [3.63, 3.8) is 0 Å². The van der Waals surface area contributed by atoms with Crippen LogP contribution in [-0.2, 0) is 9.16 Å². The first-order valence-corrected chi connectivity index (χ1v) is 19.8. The minimum Gasteiger partial charge on any atom is -0.407 e. The Morgan fingerprint density at radius 3 is 2.45 bits per heavy atom. The summed E-state index contributed by atoms with van der Waals surface area (Å²) in [5.74, 6) is 9.40. The Bertz CT molecular complexity index is 1060. The lowest BCUT2D eigenvalue weighted by Gasteiger charge is -2.46. The second-order valence-corrected chi connectivity index (χ2v) is 21.4. The second-order valence-electron chi connectivity index (χ2n) is 16.7. The third kappa shape index (κ3) is 8.32. The molecule has 4 heteroatoms. The van der Waals surface area contributed by atoms with Crippen molar-refractivity contribution in [2.75, 3.05) is 13.2 Å². The van der Waals surface area contributed by atoms with E-state index in [1.165, 1.54) is 37.7 Å². The molecular formula is C38H64O3Si. The maximum atomic E-state index is 9.36. The zero-order valence-electron chi connectivity index (χ0n) is 29.2. The Morgan fingerprint density at radius 2 is 1.83 bits per heavy atom. The molecule has 0 aromatic carbocycles. The predicted octanol–water partition coefficient (Wildman–Crippen LogP) is 9.89. The minimum absolute atomic E-state index is 0.0283. The maximum absolute atomic E-state index is 9.36. The Balaban J connectivity index is 1.84. The van der Waals surface area contributed by atoms with Crippen LogP contribution in [0, 0.1) is 46.3 Å². The molecule has 0 aliphatic heterocycles. The number of rotatable bonds is 9. The van der Waals surface area contributed by atoms with Gasteiger partial charge < -0.3 is 14.3 Å². The molecule has 0 aromatic rings. The third-order valence-corrected chi connectivity index (χ3v) is 15.6. The van der Waals surface area contributed by atoms with Crippen LogP contribution in [0.4, 0.5) is 0 Å². The molecule has 1 unspecified atom stereocenters. The highest BCUT2D eigenvalue weighted by Gasteiger charge is 2.50. The topological polar surface area (TPSA) is 38.7 Å². The number of hydrogen-bond acceptors (Lipinski definition) is 3. The van der Waals surface area contributed by atoms with Crippen molar-refractivity contribution in [3.05, 3.63) is 35.5 Å². The van der Waals surface area contributed by atoms with Crippen LogP contribution in [-0.4, -0.2) is 38.8 Å². The number of allylic oxidation sites excluding steroid dienone is 3. The highest BCUT2D eigenvalue weighted by atomic mass is 28.4. The van der Waals surface area contributed by atoms with Crippen LogP contribution in [0.3, 0.4) is 0 Å². The van der Waals surface area contributed by atoms with Crippen molar-refractivity contribution in [1.82, 2.24) is 0 Å². The van der Waals surface area contributed by atoms with Gasteiger partial charge in [-0.3, -0.25) is 0 Å². The average molecular weight is 597 g/mol. The van der Waals surface area contributed by atoms with Crippen molar-refractivity contribution in [3.8, 4) is 11.8 Å². The summed E-state index contributed by atoms with van der Waals surface area (Å²) in [7, 11) is -2.05. The molecule has 0 saturated heterocycles.